The molecule has 1 unspecified atom stereocenters. The van der Waals surface area contributed by atoms with E-state index in [-0.39, 0.29) is 11.8 Å². The van der Waals surface area contributed by atoms with E-state index in [9.17, 15) is 9.59 Å². The summed E-state index contributed by atoms with van der Waals surface area (Å²) < 4.78 is 1.36. The number of hydrogen-bond donors (Lipinski definition) is 1. The lowest BCUT2D eigenvalue weighted by Gasteiger charge is -2.36. The van der Waals surface area contributed by atoms with Gasteiger partial charge in [0.05, 0.1) is 6.54 Å². The predicted molar refractivity (Wildman–Crippen MR) is 42.4 cm³/mol. The minimum Gasteiger partial charge on any atom is -0.274 e. The highest BCUT2D eigenvalue weighted by Crippen LogP contribution is 2.18. The first-order valence-corrected chi connectivity index (χ1v) is 3.99. The number of tetrazole rings is 1. The van der Waals surface area contributed by atoms with Gasteiger partial charge in [-0.2, -0.15) is 0 Å². The zero-order chi connectivity index (χ0) is 10.1. The van der Waals surface area contributed by atoms with Gasteiger partial charge in [0.1, 0.15) is 6.33 Å². The minimum atomic E-state index is -0.392. The van der Waals surface area contributed by atoms with Crippen molar-refractivity contribution in [2.45, 2.75) is 13.0 Å². The molecule has 0 saturated carbocycles. The molecular formula is C6H8N6O2. The first-order chi connectivity index (χ1) is 6.68. The van der Waals surface area contributed by atoms with E-state index in [1.54, 1.807) is 0 Å². The fraction of sp³-hybridized carbons (Fsp3) is 0.500. The summed E-state index contributed by atoms with van der Waals surface area (Å²) in [6.07, 6.45) is 1.37. The molecule has 1 fully saturated rings. The molecule has 8 heteroatoms. The molecule has 0 bridgehead atoms. The number of hydrogen-bond acceptors (Lipinski definition) is 5. The summed E-state index contributed by atoms with van der Waals surface area (Å²) in [5.41, 5.74) is 2.38. The summed E-state index contributed by atoms with van der Waals surface area (Å²) in [4.78, 5) is 22.0. The maximum absolute atomic E-state index is 11.4. The van der Waals surface area contributed by atoms with Crippen LogP contribution in [0.2, 0.25) is 0 Å². The van der Waals surface area contributed by atoms with Crippen LogP contribution in [0.5, 0.6) is 0 Å². The molecule has 0 radical (unpaired) electrons. The van der Waals surface area contributed by atoms with Crippen LogP contribution in [0.25, 0.3) is 0 Å². The van der Waals surface area contributed by atoms with E-state index in [0.717, 1.165) is 0 Å². The standard InChI is InChI=1S/C6H8N6O2/c1-4(13)8-11-2-5(6(11)14)12-3-7-9-10-12/h3,5H,2H2,1H3,(H,8,13). The number of nitrogens with zero attached hydrogens (tertiary/aromatic N) is 5. The van der Waals surface area contributed by atoms with Crippen LogP contribution in [0.4, 0.5) is 0 Å². The number of carbonyl (C=O) groups is 2. The van der Waals surface area contributed by atoms with E-state index in [1.165, 1.54) is 22.9 Å². The fourth-order valence-electron chi connectivity index (χ4n) is 1.21. The highest BCUT2D eigenvalue weighted by Gasteiger charge is 2.39. The van der Waals surface area contributed by atoms with Crippen LogP contribution in [-0.2, 0) is 9.59 Å². The van der Waals surface area contributed by atoms with E-state index in [2.05, 4.69) is 21.0 Å². The maximum atomic E-state index is 11.4. The van der Waals surface area contributed by atoms with Crippen molar-refractivity contribution in [3.8, 4) is 0 Å². The van der Waals surface area contributed by atoms with Gasteiger partial charge < -0.3 is 0 Å². The summed E-state index contributed by atoms with van der Waals surface area (Å²) in [5.74, 6) is -0.485. The van der Waals surface area contributed by atoms with E-state index in [0.29, 0.717) is 6.54 Å². The molecule has 8 nitrogen and oxygen atoms in total. The maximum Gasteiger partial charge on any atom is 0.267 e. The van der Waals surface area contributed by atoms with Gasteiger partial charge in [-0.25, -0.2) is 9.69 Å². The summed E-state index contributed by atoms with van der Waals surface area (Å²) in [5, 5.41) is 11.7. The number of β-lactam (4-membered cyclic amide) rings is 1. The van der Waals surface area contributed by atoms with E-state index in [1.807, 2.05) is 0 Å². The molecule has 0 spiro atoms. The number of carbonyl (C=O) groups excluding carboxylic acids is 2. The Balaban J connectivity index is 1.97. The van der Waals surface area contributed by atoms with Crippen molar-refractivity contribution in [2.24, 2.45) is 0 Å². The lowest BCUT2D eigenvalue weighted by molar-refractivity contribution is -0.156. The molecule has 2 heterocycles. The van der Waals surface area contributed by atoms with E-state index in [4.69, 9.17) is 0 Å². The molecule has 2 rings (SSSR count). The highest BCUT2D eigenvalue weighted by atomic mass is 16.2. The Labute approximate surface area is 78.8 Å². The zero-order valence-electron chi connectivity index (χ0n) is 7.41. The average Bonchev–Trinajstić information content (AvgIpc) is 2.63. The Morgan fingerprint density at radius 1 is 1.71 bits per heavy atom. The van der Waals surface area contributed by atoms with Gasteiger partial charge in [-0.15, -0.1) is 5.10 Å². The molecular weight excluding hydrogens is 188 g/mol. The van der Waals surface area contributed by atoms with Gasteiger partial charge in [-0.1, -0.05) is 0 Å². The molecule has 74 valence electrons. The first-order valence-electron chi connectivity index (χ1n) is 3.99. The lowest BCUT2D eigenvalue weighted by atomic mass is 10.1. The Bertz CT molecular complexity index is 360. The monoisotopic (exact) mass is 196 g/mol. The summed E-state index contributed by atoms with van der Waals surface area (Å²) >= 11 is 0. The van der Waals surface area contributed by atoms with Gasteiger partial charge in [0.15, 0.2) is 6.04 Å². The van der Waals surface area contributed by atoms with Gasteiger partial charge in [-0.05, 0) is 10.4 Å². The van der Waals surface area contributed by atoms with E-state index >= 15 is 0 Å². The molecule has 1 atom stereocenters. The number of rotatable bonds is 2. The highest BCUT2D eigenvalue weighted by molar-refractivity contribution is 5.88. The van der Waals surface area contributed by atoms with Crippen LogP contribution in [0.15, 0.2) is 6.33 Å². The number of nitrogens with one attached hydrogen (secondary N) is 1. The van der Waals surface area contributed by atoms with Crippen LogP contribution in [-0.4, -0.2) is 43.6 Å². The summed E-state index contributed by atoms with van der Waals surface area (Å²) in [6, 6.07) is -0.392. The normalized spacial score (nSPS) is 20.5. The summed E-state index contributed by atoms with van der Waals surface area (Å²) in [7, 11) is 0. The third-order valence-electron chi connectivity index (χ3n) is 1.88. The van der Waals surface area contributed by atoms with Gasteiger partial charge in [0, 0.05) is 6.92 Å². The Morgan fingerprint density at radius 2 is 2.50 bits per heavy atom. The van der Waals surface area contributed by atoms with Crippen molar-refractivity contribution in [2.75, 3.05) is 6.54 Å². The zero-order valence-corrected chi connectivity index (χ0v) is 7.41. The average molecular weight is 196 g/mol. The number of aromatic nitrogens is 4. The van der Waals surface area contributed by atoms with Gasteiger partial charge in [-0.3, -0.25) is 15.0 Å². The Kier molecular flexibility index (Phi) is 1.88. The topological polar surface area (TPSA) is 93.0 Å². The third kappa shape index (κ3) is 1.30. The van der Waals surface area contributed by atoms with Crippen LogP contribution >= 0.6 is 0 Å². The lowest BCUT2D eigenvalue weighted by Crippen LogP contribution is -2.60. The van der Waals surface area contributed by atoms with Crippen LogP contribution in [0.3, 0.4) is 0 Å². The molecule has 0 aromatic carbocycles. The van der Waals surface area contributed by atoms with Crippen LogP contribution < -0.4 is 5.43 Å². The molecule has 0 aliphatic carbocycles. The van der Waals surface area contributed by atoms with Crippen molar-refractivity contribution in [3.63, 3.8) is 0 Å². The number of hydrazine groups is 1. The Morgan fingerprint density at radius 3 is 3.00 bits per heavy atom. The van der Waals surface area contributed by atoms with Crippen molar-refractivity contribution in [1.29, 1.82) is 0 Å². The van der Waals surface area contributed by atoms with Crippen molar-refractivity contribution in [3.05, 3.63) is 6.33 Å². The quantitative estimate of drug-likeness (QED) is 0.558. The van der Waals surface area contributed by atoms with Crippen molar-refractivity contribution >= 4 is 11.8 Å². The molecule has 1 saturated heterocycles. The molecule has 1 aromatic rings. The third-order valence-corrected chi connectivity index (χ3v) is 1.88. The second-order valence-corrected chi connectivity index (χ2v) is 2.92. The van der Waals surface area contributed by atoms with Gasteiger partial charge >= 0.3 is 0 Å². The van der Waals surface area contributed by atoms with Gasteiger partial charge in [0.2, 0.25) is 5.91 Å². The smallest absolute Gasteiger partial charge is 0.267 e. The SMILES string of the molecule is CC(=O)NN1CC(n2cnnn2)C1=O. The first kappa shape index (κ1) is 8.60. The molecule has 1 aliphatic rings. The molecule has 1 aliphatic heterocycles. The summed E-state index contributed by atoms with van der Waals surface area (Å²) in [6.45, 7) is 1.74. The van der Waals surface area contributed by atoms with Crippen LogP contribution in [0, 0.1) is 0 Å². The molecule has 1 aromatic heterocycles. The molecule has 14 heavy (non-hydrogen) atoms. The van der Waals surface area contributed by atoms with Crippen LogP contribution in [0.1, 0.15) is 13.0 Å². The predicted octanol–water partition coefficient (Wildman–Crippen LogP) is -1.89. The minimum absolute atomic E-state index is 0.215. The number of amides is 2. The molecule has 1 N–H and O–H groups in total. The second kappa shape index (κ2) is 3.05. The molecule has 2 amide bonds. The van der Waals surface area contributed by atoms with Crippen molar-refractivity contribution in [1.82, 2.24) is 30.6 Å². The second-order valence-electron chi connectivity index (χ2n) is 2.92. The van der Waals surface area contributed by atoms with Gasteiger partial charge in [0.25, 0.3) is 5.91 Å². The van der Waals surface area contributed by atoms with Crippen molar-refractivity contribution < 1.29 is 9.59 Å². The van der Waals surface area contributed by atoms with E-state index < -0.39 is 6.04 Å². The largest absolute Gasteiger partial charge is 0.274 e. The fourth-order valence-corrected chi connectivity index (χ4v) is 1.21. The Hall–Kier alpha value is -1.99.